The summed E-state index contributed by atoms with van der Waals surface area (Å²) in [5.74, 6) is 1.15. The molecule has 0 amide bonds. The topological polar surface area (TPSA) is 89.5 Å². The van der Waals surface area contributed by atoms with Crippen LogP contribution in [0.3, 0.4) is 0 Å². The van der Waals surface area contributed by atoms with Crippen molar-refractivity contribution in [3.05, 3.63) is 111 Å². The van der Waals surface area contributed by atoms with Gasteiger partial charge in [0, 0.05) is 23.3 Å². The van der Waals surface area contributed by atoms with E-state index < -0.39 is 0 Å². The number of fused-ring (bicyclic) bond motifs is 1. The van der Waals surface area contributed by atoms with Crippen LogP contribution in [0.25, 0.3) is 28.2 Å². The maximum absolute atomic E-state index is 13.4. The summed E-state index contributed by atoms with van der Waals surface area (Å²) in [4.78, 5) is 23.0. The number of pyridine rings is 1. The Kier molecular flexibility index (Phi) is 6.56. The third-order valence-corrected chi connectivity index (χ3v) is 6.29. The number of hydrogen-bond acceptors (Lipinski definition) is 7. The van der Waals surface area contributed by atoms with Gasteiger partial charge in [-0.2, -0.15) is 5.26 Å². The summed E-state index contributed by atoms with van der Waals surface area (Å²) in [5, 5.41) is 11.0. The number of rotatable bonds is 7. The van der Waals surface area contributed by atoms with Crippen LogP contribution in [0.5, 0.6) is 11.5 Å². The molecule has 0 saturated carbocycles. The first-order valence-corrected chi connectivity index (χ1v) is 11.9. The molecule has 8 heteroatoms. The lowest BCUT2D eigenvalue weighted by Crippen LogP contribution is -2.17. The van der Waals surface area contributed by atoms with Crippen LogP contribution < -0.4 is 15.0 Å². The van der Waals surface area contributed by atoms with Gasteiger partial charge in [-0.15, -0.1) is 11.3 Å². The van der Waals surface area contributed by atoms with Gasteiger partial charge in [0.25, 0.3) is 5.56 Å². The molecule has 7 nitrogen and oxygen atoms in total. The summed E-state index contributed by atoms with van der Waals surface area (Å²) < 4.78 is 13.2. The van der Waals surface area contributed by atoms with Crippen molar-refractivity contribution >= 4 is 28.4 Å². The van der Waals surface area contributed by atoms with Gasteiger partial charge in [-0.1, -0.05) is 30.3 Å². The van der Waals surface area contributed by atoms with Crippen molar-refractivity contribution in [2.75, 3.05) is 7.11 Å². The predicted molar refractivity (Wildman–Crippen MR) is 140 cm³/mol. The van der Waals surface area contributed by atoms with Gasteiger partial charge >= 0.3 is 0 Å². The smallest absolute Gasteiger partial charge is 0.266 e. The molecule has 36 heavy (non-hydrogen) atoms. The second-order valence-corrected chi connectivity index (χ2v) is 8.62. The zero-order chi connectivity index (χ0) is 24.9. The lowest BCUT2D eigenvalue weighted by atomic mass is 10.0. The highest BCUT2D eigenvalue weighted by molar-refractivity contribution is 7.15. The molecule has 3 aromatic heterocycles. The molecule has 0 unspecified atom stereocenters. The predicted octanol–water partition coefficient (Wildman–Crippen LogP) is 5.45. The molecule has 0 atom stereocenters. The third-order valence-electron chi connectivity index (χ3n) is 5.54. The lowest BCUT2D eigenvalue weighted by molar-refractivity contribution is 0.280. The quantitative estimate of drug-likeness (QED) is 0.300. The molecule has 0 bridgehead atoms. The highest BCUT2D eigenvalue weighted by Crippen LogP contribution is 2.33. The second-order valence-electron chi connectivity index (χ2n) is 7.74. The molecule has 0 radical (unpaired) electrons. The van der Waals surface area contributed by atoms with Crippen LogP contribution in [0.4, 0.5) is 0 Å². The van der Waals surface area contributed by atoms with Gasteiger partial charge in [-0.25, -0.2) is 4.98 Å². The molecule has 0 spiro atoms. The minimum Gasteiger partial charge on any atom is -0.493 e. The van der Waals surface area contributed by atoms with Crippen molar-refractivity contribution in [2.24, 2.45) is 0 Å². The molecule has 3 heterocycles. The zero-order valence-electron chi connectivity index (χ0n) is 19.3. The van der Waals surface area contributed by atoms with Crippen LogP contribution in [0, 0.1) is 11.3 Å². The molecule has 5 rings (SSSR count). The van der Waals surface area contributed by atoms with Crippen LogP contribution in [0.15, 0.2) is 83.2 Å². The Hall–Kier alpha value is -4.74. The number of thiazole rings is 1. The largest absolute Gasteiger partial charge is 0.493 e. The van der Waals surface area contributed by atoms with Crippen LogP contribution in [0.2, 0.25) is 0 Å². The van der Waals surface area contributed by atoms with E-state index in [9.17, 15) is 4.79 Å². The Balaban J connectivity index is 1.58. The van der Waals surface area contributed by atoms with Crippen molar-refractivity contribution in [3.8, 4) is 28.7 Å². The van der Waals surface area contributed by atoms with E-state index in [1.165, 1.54) is 15.7 Å². The molecule has 2 aromatic carbocycles. The first-order chi connectivity index (χ1) is 17.7. The summed E-state index contributed by atoms with van der Waals surface area (Å²) in [5.41, 5.74) is 3.55. The van der Waals surface area contributed by atoms with Crippen molar-refractivity contribution in [1.29, 1.82) is 5.26 Å². The fraction of sp³-hybridized carbons (Fsp3) is 0.0714. The van der Waals surface area contributed by atoms with Crippen molar-refractivity contribution < 1.29 is 9.47 Å². The number of methoxy groups -OCH3 is 1. The minimum absolute atomic E-state index is 0.178. The Morgan fingerprint density at radius 3 is 2.69 bits per heavy atom. The van der Waals surface area contributed by atoms with Gasteiger partial charge in [-0.05, 0) is 48.0 Å². The van der Waals surface area contributed by atoms with E-state index in [4.69, 9.17) is 19.7 Å². The lowest BCUT2D eigenvalue weighted by Gasteiger charge is -2.13. The van der Waals surface area contributed by atoms with Crippen molar-refractivity contribution in [1.82, 2.24) is 14.4 Å². The van der Waals surface area contributed by atoms with Crippen LogP contribution in [-0.4, -0.2) is 21.5 Å². The van der Waals surface area contributed by atoms with Crippen molar-refractivity contribution in [3.63, 3.8) is 0 Å². The van der Waals surface area contributed by atoms with E-state index in [1.807, 2.05) is 47.9 Å². The van der Waals surface area contributed by atoms with Crippen LogP contribution >= 0.6 is 11.3 Å². The second kappa shape index (κ2) is 10.3. The minimum atomic E-state index is -0.178. The summed E-state index contributed by atoms with van der Waals surface area (Å²) in [7, 11) is 1.59. The van der Waals surface area contributed by atoms with Gasteiger partial charge in [-0.3, -0.25) is 14.2 Å². The number of para-hydroxylation sites is 1. The Labute approximate surface area is 211 Å². The van der Waals surface area contributed by atoms with Gasteiger partial charge < -0.3 is 9.47 Å². The highest BCUT2D eigenvalue weighted by atomic mass is 32.1. The Bertz CT molecular complexity index is 1650. The summed E-state index contributed by atoms with van der Waals surface area (Å²) in [6, 6.07) is 20.3. The number of nitrogens with zero attached hydrogens (tertiary/aromatic N) is 4. The first-order valence-electron chi connectivity index (χ1n) is 11.1. The molecule has 176 valence electrons. The van der Waals surface area contributed by atoms with Crippen LogP contribution in [-0.2, 0) is 6.61 Å². The molecule has 0 fully saturated rings. The Morgan fingerprint density at radius 2 is 1.94 bits per heavy atom. The molecule has 0 saturated heterocycles. The van der Waals surface area contributed by atoms with Gasteiger partial charge in [0.1, 0.15) is 6.61 Å². The normalized spacial score (nSPS) is 11.0. The number of hydrogen-bond donors (Lipinski definition) is 0. The number of nitriles is 1. The standard InChI is InChI=1S/C28H20N4O3S/c1-34-24-7-4-5-21(26(24)35-18-22-6-2-3-14-30-22)12-13-23-25(20-10-8-19(17-29)9-11-20)27(33)32-15-16-36-28(32)31-23/h2-16H,18H2,1H3. The van der Waals surface area contributed by atoms with E-state index >= 15 is 0 Å². The maximum Gasteiger partial charge on any atom is 0.266 e. The van der Waals surface area contributed by atoms with E-state index in [-0.39, 0.29) is 12.2 Å². The molecule has 0 aliphatic heterocycles. The monoisotopic (exact) mass is 492 g/mol. The molecule has 0 N–H and O–H groups in total. The maximum atomic E-state index is 13.4. The highest BCUT2D eigenvalue weighted by Gasteiger charge is 2.15. The molecule has 0 aliphatic rings. The van der Waals surface area contributed by atoms with Crippen molar-refractivity contribution in [2.45, 2.75) is 6.61 Å². The number of benzene rings is 2. The fourth-order valence-electron chi connectivity index (χ4n) is 3.78. The van der Waals surface area contributed by atoms with Crippen LogP contribution in [0.1, 0.15) is 22.5 Å². The molecular weight excluding hydrogens is 472 g/mol. The summed E-state index contributed by atoms with van der Waals surface area (Å²) in [6.45, 7) is 0.277. The SMILES string of the molecule is COc1cccc(C=Cc2nc3sccn3c(=O)c2-c2ccc(C#N)cc2)c1OCc1ccccn1. The van der Waals surface area contributed by atoms with E-state index in [0.29, 0.717) is 38.8 Å². The summed E-state index contributed by atoms with van der Waals surface area (Å²) >= 11 is 1.39. The van der Waals surface area contributed by atoms with Gasteiger partial charge in [0.2, 0.25) is 0 Å². The number of ether oxygens (including phenoxy) is 2. The molecule has 5 aromatic rings. The number of aromatic nitrogens is 3. The zero-order valence-corrected chi connectivity index (χ0v) is 20.1. The average molecular weight is 493 g/mol. The third kappa shape index (κ3) is 4.60. The molecule has 0 aliphatic carbocycles. The fourth-order valence-corrected chi connectivity index (χ4v) is 4.49. The van der Waals surface area contributed by atoms with E-state index in [0.717, 1.165) is 11.3 Å². The van der Waals surface area contributed by atoms with E-state index in [1.54, 1.807) is 49.8 Å². The Morgan fingerprint density at radius 1 is 1.08 bits per heavy atom. The van der Waals surface area contributed by atoms with Gasteiger partial charge in [0.15, 0.2) is 16.5 Å². The first kappa shape index (κ1) is 23.0. The van der Waals surface area contributed by atoms with Gasteiger partial charge in [0.05, 0.1) is 35.7 Å². The van der Waals surface area contributed by atoms with E-state index in [2.05, 4.69) is 11.1 Å². The molecular formula is C28H20N4O3S. The average Bonchev–Trinajstić information content (AvgIpc) is 3.40. The summed E-state index contributed by atoms with van der Waals surface area (Å²) in [6.07, 6.45) is 7.09.